The number of ether oxygens (including phenoxy) is 1. The van der Waals surface area contributed by atoms with Gasteiger partial charge in [-0.25, -0.2) is 9.78 Å². The van der Waals surface area contributed by atoms with Crippen LogP contribution in [-0.4, -0.2) is 30.5 Å². The van der Waals surface area contributed by atoms with Crippen molar-refractivity contribution < 1.29 is 14.3 Å². The Morgan fingerprint density at radius 2 is 1.65 bits per heavy atom. The number of carbonyl (C=O) groups excluding carboxylic acids is 2. The largest absolute Gasteiger partial charge is 0.451 e. The van der Waals surface area contributed by atoms with Crippen molar-refractivity contribution in [1.29, 1.82) is 0 Å². The van der Waals surface area contributed by atoms with Gasteiger partial charge in [0.25, 0.3) is 5.91 Å². The van der Waals surface area contributed by atoms with Crippen LogP contribution in [0.1, 0.15) is 14.7 Å². The molecule has 0 saturated carbocycles. The molecular weight excluding hydrogens is 348 g/mol. The summed E-state index contributed by atoms with van der Waals surface area (Å²) in [5.74, 6) is -0.837. The number of rotatable bonds is 5. The maximum Gasteiger partial charge on any atom is 0.351 e. The zero-order valence-electron chi connectivity index (χ0n) is 14.5. The first kappa shape index (κ1) is 17.8. The van der Waals surface area contributed by atoms with Crippen LogP contribution in [0.2, 0.25) is 0 Å². The topological polar surface area (TPSA) is 59.5 Å². The van der Waals surface area contributed by atoms with Gasteiger partial charge in [0.1, 0.15) is 4.88 Å². The van der Waals surface area contributed by atoms with Gasteiger partial charge < -0.3 is 9.64 Å². The van der Waals surface area contributed by atoms with Crippen LogP contribution in [0.25, 0.3) is 11.3 Å². The average molecular weight is 366 g/mol. The van der Waals surface area contributed by atoms with Crippen LogP contribution in [0.5, 0.6) is 0 Å². The highest BCUT2D eigenvalue weighted by Crippen LogP contribution is 2.28. The predicted molar refractivity (Wildman–Crippen MR) is 102 cm³/mol. The molecule has 1 aromatic heterocycles. The lowest BCUT2D eigenvalue weighted by atomic mass is 10.1. The number of carbonyl (C=O) groups is 2. The molecule has 3 aromatic rings. The number of nitrogens with zero attached hydrogens (tertiary/aromatic N) is 2. The highest BCUT2D eigenvalue weighted by molar-refractivity contribution is 7.14. The van der Waals surface area contributed by atoms with Crippen molar-refractivity contribution in [2.24, 2.45) is 0 Å². The van der Waals surface area contributed by atoms with Crippen LogP contribution in [0.3, 0.4) is 0 Å². The second kappa shape index (κ2) is 7.93. The first-order chi connectivity index (χ1) is 12.6. The van der Waals surface area contributed by atoms with Gasteiger partial charge in [-0.05, 0) is 19.1 Å². The van der Waals surface area contributed by atoms with Crippen molar-refractivity contribution in [2.45, 2.75) is 6.92 Å². The van der Waals surface area contributed by atoms with Crippen molar-refractivity contribution >= 4 is 28.9 Å². The maximum absolute atomic E-state index is 12.5. The number of likely N-dealkylation sites (N-methyl/N-ethyl adjacent to an activating group) is 1. The van der Waals surface area contributed by atoms with Gasteiger partial charge in [-0.3, -0.25) is 4.79 Å². The first-order valence-electron chi connectivity index (χ1n) is 8.08. The van der Waals surface area contributed by atoms with Gasteiger partial charge in [-0.1, -0.05) is 48.5 Å². The van der Waals surface area contributed by atoms with Crippen molar-refractivity contribution in [3.8, 4) is 11.3 Å². The smallest absolute Gasteiger partial charge is 0.351 e. The fourth-order valence-corrected chi connectivity index (χ4v) is 3.28. The van der Waals surface area contributed by atoms with E-state index in [9.17, 15) is 9.59 Å². The molecule has 132 valence electrons. The van der Waals surface area contributed by atoms with Gasteiger partial charge in [0, 0.05) is 18.3 Å². The number of hydrogen-bond donors (Lipinski definition) is 0. The third-order valence-electron chi connectivity index (χ3n) is 3.81. The Balaban J connectivity index is 1.70. The molecule has 0 bridgehead atoms. The number of para-hydroxylation sites is 1. The third-order valence-corrected chi connectivity index (χ3v) is 4.76. The van der Waals surface area contributed by atoms with E-state index in [1.165, 1.54) is 16.2 Å². The number of hydrogen-bond acceptors (Lipinski definition) is 5. The molecule has 0 fully saturated rings. The number of thiazole rings is 1. The third kappa shape index (κ3) is 3.97. The van der Waals surface area contributed by atoms with Gasteiger partial charge in [0.05, 0.1) is 10.7 Å². The van der Waals surface area contributed by atoms with E-state index >= 15 is 0 Å². The molecule has 0 unspecified atom stereocenters. The van der Waals surface area contributed by atoms with Gasteiger partial charge >= 0.3 is 5.97 Å². The quantitative estimate of drug-likeness (QED) is 0.642. The lowest BCUT2D eigenvalue weighted by Gasteiger charge is -2.17. The van der Waals surface area contributed by atoms with E-state index in [0.717, 1.165) is 16.3 Å². The minimum atomic E-state index is -0.538. The summed E-state index contributed by atoms with van der Waals surface area (Å²) in [5, 5.41) is 0.767. The Morgan fingerprint density at radius 1 is 1.04 bits per heavy atom. The number of amides is 1. The number of anilines is 1. The number of aromatic nitrogens is 1. The minimum absolute atomic E-state index is 0.299. The van der Waals surface area contributed by atoms with Gasteiger partial charge in [0.2, 0.25) is 0 Å². The summed E-state index contributed by atoms with van der Waals surface area (Å²) in [4.78, 5) is 31.1. The van der Waals surface area contributed by atoms with E-state index in [1.54, 1.807) is 7.05 Å². The van der Waals surface area contributed by atoms with Crippen molar-refractivity contribution in [3.63, 3.8) is 0 Å². The number of esters is 1. The van der Waals surface area contributed by atoms with Crippen molar-refractivity contribution in [1.82, 2.24) is 4.98 Å². The van der Waals surface area contributed by atoms with Gasteiger partial charge in [0.15, 0.2) is 6.61 Å². The van der Waals surface area contributed by atoms with Crippen molar-refractivity contribution in [3.05, 3.63) is 70.5 Å². The Labute approximate surface area is 155 Å². The molecule has 5 nitrogen and oxygen atoms in total. The monoisotopic (exact) mass is 366 g/mol. The molecule has 0 spiro atoms. The summed E-state index contributed by atoms with van der Waals surface area (Å²) in [6.07, 6.45) is 0. The van der Waals surface area contributed by atoms with Gasteiger partial charge in [-0.15, -0.1) is 11.3 Å². The average Bonchev–Trinajstić information content (AvgIpc) is 3.08. The summed E-state index contributed by atoms with van der Waals surface area (Å²) in [6, 6.07) is 18.7. The maximum atomic E-state index is 12.5. The van der Waals surface area contributed by atoms with Crippen LogP contribution in [-0.2, 0) is 9.53 Å². The van der Waals surface area contributed by atoms with Crippen LogP contribution in [0.4, 0.5) is 5.69 Å². The van der Waals surface area contributed by atoms with E-state index in [0.29, 0.717) is 10.6 Å². The Kier molecular flexibility index (Phi) is 5.43. The lowest BCUT2D eigenvalue weighted by molar-refractivity contribution is -0.121. The predicted octanol–water partition coefficient (Wildman–Crippen LogP) is 3.94. The summed E-state index contributed by atoms with van der Waals surface area (Å²) in [5.41, 5.74) is 2.17. The number of benzene rings is 2. The Bertz CT molecular complexity index is 907. The fourth-order valence-electron chi connectivity index (χ4n) is 2.44. The Morgan fingerprint density at radius 3 is 2.31 bits per heavy atom. The molecule has 1 amide bonds. The molecule has 26 heavy (non-hydrogen) atoms. The van der Waals surface area contributed by atoms with Crippen LogP contribution in [0.15, 0.2) is 60.7 Å². The van der Waals surface area contributed by atoms with E-state index < -0.39 is 5.97 Å². The summed E-state index contributed by atoms with van der Waals surface area (Å²) >= 11 is 1.26. The van der Waals surface area contributed by atoms with Gasteiger partial charge in [-0.2, -0.15) is 0 Å². The molecule has 0 aliphatic heterocycles. The molecule has 2 aromatic carbocycles. The normalized spacial score (nSPS) is 10.4. The van der Waals surface area contributed by atoms with Crippen LogP contribution in [0, 0.1) is 6.92 Å². The molecular formula is C20H18N2O3S. The first-order valence-corrected chi connectivity index (χ1v) is 8.89. The Hall–Kier alpha value is -2.99. The zero-order valence-corrected chi connectivity index (χ0v) is 15.3. The van der Waals surface area contributed by atoms with E-state index in [4.69, 9.17) is 4.74 Å². The summed E-state index contributed by atoms with van der Waals surface area (Å²) in [7, 11) is 1.65. The second-order valence-electron chi connectivity index (χ2n) is 5.64. The molecule has 6 heteroatoms. The standard InChI is InChI=1S/C20H18N2O3S/c1-14-21-18(15-9-5-3-6-10-15)19(26-14)20(24)25-13-17(23)22(2)16-11-7-4-8-12-16/h3-12H,13H2,1-2H3. The van der Waals surface area contributed by atoms with E-state index in [2.05, 4.69) is 4.98 Å². The van der Waals surface area contributed by atoms with Crippen LogP contribution < -0.4 is 4.90 Å². The van der Waals surface area contributed by atoms with E-state index in [1.807, 2.05) is 67.6 Å². The van der Waals surface area contributed by atoms with Crippen LogP contribution >= 0.6 is 11.3 Å². The second-order valence-corrected chi connectivity index (χ2v) is 6.84. The molecule has 3 rings (SSSR count). The molecule has 0 saturated heterocycles. The molecule has 1 heterocycles. The molecule has 0 atom stereocenters. The molecule has 0 aliphatic carbocycles. The lowest BCUT2D eigenvalue weighted by Crippen LogP contribution is -2.31. The molecule has 0 radical (unpaired) electrons. The molecule has 0 aliphatic rings. The summed E-state index contributed by atoms with van der Waals surface area (Å²) in [6.45, 7) is 1.51. The SMILES string of the molecule is Cc1nc(-c2ccccc2)c(C(=O)OCC(=O)N(C)c2ccccc2)s1. The fraction of sp³-hybridized carbons (Fsp3) is 0.150. The molecule has 0 N–H and O–H groups in total. The highest BCUT2D eigenvalue weighted by atomic mass is 32.1. The van der Waals surface area contributed by atoms with Crippen molar-refractivity contribution in [2.75, 3.05) is 18.6 Å². The number of aryl methyl sites for hydroxylation is 1. The zero-order chi connectivity index (χ0) is 18.5. The minimum Gasteiger partial charge on any atom is -0.451 e. The summed E-state index contributed by atoms with van der Waals surface area (Å²) < 4.78 is 5.25. The highest BCUT2D eigenvalue weighted by Gasteiger charge is 2.21. The van der Waals surface area contributed by atoms with E-state index in [-0.39, 0.29) is 12.5 Å².